The fraction of sp³-hybridized carbons (Fsp3) is 0.464. The van der Waals surface area contributed by atoms with E-state index in [9.17, 15) is 4.79 Å². The zero-order chi connectivity index (χ0) is 25.8. The highest BCUT2D eigenvalue weighted by Crippen LogP contribution is 2.41. The topological polar surface area (TPSA) is 105 Å². The number of rotatable bonds is 9. The van der Waals surface area contributed by atoms with Gasteiger partial charge in [0, 0.05) is 47.3 Å². The van der Waals surface area contributed by atoms with Crippen molar-refractivity contribution < 1.29 is 4.79 Å². The van der Waals surface area contributed by atoms with Gasteiger partial charge in [0.15, 0.2) is 0 Å². The Labute approximate surface area is 223 Å². The molecule has 2 aromatic heterocycles. The molecule has 0 radical (unpaired) electrons. The average Bonchev–Trinajstić information content (AvgIpc) is 3.63. The lowest BCUT2D eigenvalue weighted by Gasteiger charge is -2.39. The molecule has 2 aliphatic heterocycles. The molecular formula is C28H37N7OS. The van der Waals surface area contributed by atoms with Crippen LogP contribution in [0.1, 0.15) is 50.8 Å². The van der Waals surface area contributed by atoms with Crippen molar-refractivity contribution in [2.45, 2.75) is 45.8 Å². The maximum absolute atomic E-state index is 13.1. The van der Waals surface area contributed by atoms with Gasteiger partial charge < -0.3 is 15.6 Å². The summed E-state index contributed by atoms with van der Waals surface area (Å²) in [5.74, 6) is 0.469. The third-order valence-electron chi connectivity index (χ3n) is 7.76. The second kappa shape index (κ2) is 11.2. The van der Waals surface area contributed by atoms with Crippen LogP contribution in [0.15, 0.2) is 48.8 Å². The van der Waals surface area contributed by atoms with Crippen molar-refractivity contribution in [1.29, 1.82) is 5.41 Å². The first-order valence-corrected chi connectivity index (χ1v) is 13.9. The number of hydrogen-bond acceptors (Lipinski definition) is 6. The molecule has 2 saturated heterocycles. The second-order valence-corrected chi connectivity index (χ2v) is 12.0. The van der Waals surface area contributed by atoms with Crippen LogP contribution >= 0.6 is 11.3 Å². The summed E-state index contributed by atoms with van der Waals surface area (Å²) in [6.45, 7) is 9.23. The summed E-state index contributed by atoms with van der Waals surface area (Å²) in [5.41, 5.74) is 7.89. The molecule has 5 rings (SSSR count). The molecule has 2 aliphatic rings. The number of thiophene rings is 1. The van der Waals surface area contributed by atoms with Gasteiger partial charge in [-0.1, -0.05) is 12.1 Å². The van der Waals surface area contributed by atoms with Crippen LogP contribution in [0.25, 0.3) is 0 Å². The van der Waals surface area contributed by atoms with Crippen LogP contribution in [-0.4, -0.2) is 69.1 Å². The number of nitrogens with one attached hydrogen (secondary N) is 2. The smallest absolute Gasteiger partial charge is 0.254 e. The minimum Gasteiger partial charge on any atom is -0.386 e. The summed E-state index contributed by atoms with van der Waals surface area (Å²) < 4.78 is 0. The summed E-state index contributed by atoms with van der Waals surface area (Å²) in [7, 11) is 0. The monoisotopic (exact) mass is 519 g/mol. The van der Waals surface area contributed by atoms with Gasteiger partial charge >= 0.3 is 0 Å². The number of nitrogens with two attached hydrogens (primary N) is 1. The second-order valence-electron chi connectivity index (χ2n) is 10.7. The number of hydrogen-bond donors (Lipinski definition) is 3. The first-order chi connectivity index (χ1) is 17.9. The molecule has 9 heteroatoms. The van der Waals surface area contributed by atoms with Crippen LogP contribution < -0.4 is 5.73 Å². The number of aryl methyl sites for hydroxylation is 1. The van der Waals surface area contributed by atoms with Gasteiger partial charge in [0.2, 0.25) is 0 Å². The lowest BCUT2D eigenvalue weighted by molar-refractivity contribution is 0.0764. The summed E-state index contributed by atoms with van der Waals surface area (Å²) in [4.78, 5) is 30.0. The molecule has 0 aliphatic carbocycles. The van der Waals surface area contributed by atoms with Crippen LogP contribution in [-0.2, 0) is 19.6 Å². The Morgan fingerprint density at radius 3 is 2.46 bits per heavy atom. The van der Waals surface area contributed by atoms with Gasteiger partial charge in [-0.2, -0.15) is 0 Å². The standard InChI is InChI=1S/C28H37N7OS/c1-21-2-7-24(37-21)17-33-13-8-28(9-14-33)10-15-34(20-28)16-22-3-5-23(6-4-22)27(36)35(18-25(29)30)19-26-31-11-12-32-26/h2-7,11-12H,8-10,13-20H2,1H3,(H3,29,30)(H,31,32). The number of aromatic amines is 1. The Hall–Kier alpha value is -3.01. The average molecular weight is 520 g/mol. The van der Waals surface area contributed by atoms with Gasteiger partial charge in [-0.05, 0) is 81.1 Å². The predicted molar refractivity (Wildman–Crippen MR) is 148 cm³/mol. The fourth-order valence-corrected chi connectivity index (χ4v) is 6.64. The van der Waals surface area contributed by atoms with E-state index in [1.807, 2.05) is 23.5 Å². The molecule has 8 nitrogen and oxygen atoms in total. The highest BCUT2D eigenvalue weighted by molar-refractivity contribution is 7.11. The lowest BCUT2D eigenvalue weighted by atomic mass is 9.78. The molecule has 37 heavy (non-hydrogen) atoms. The Bertz CT molecular complexity index is 1200. The van der Waals surface area contributed by atoms with Crippen molar-refractivity contribution in [3.63, 3.8) is 0 Å². The summed E-state index contributed by atoms with van der Waals surface area (Å²) >= 11 is 1.92. The Balaban J connectivity index is 1.13. The zero-order valence-corrected chi connectivity index (χ0v) is 22.4. The Morgan fingerprint density at radius 2 is 1.84 bits per heavy atom. The molecule has 1 spiro atoms. The van der Waals surface area contributed by atoms with Gasteiger partial charge in [0.05, 0.1) is 13.1 Å². The maximum Gasteiger partial charge on any atom is 0.254 e. The number of likely N-dealkylation sites (tertiary alicyclic amines) is 2. The first kappa shape index (κ1) is 25.6. The van der Waals surface area contributed by atoms with E-state index >= 15 is 0 Å². The molecule has 4 heterocycles. The number of carbonyl (C=O) groups excluding carboxylic acids is 1. The van der Waals surface area contributed by atoms with Crippen molar-refractivity contribution in [2.75, 3.05) is 32.7 Å². The molecule has 0 saturated carbocycles. The highest BCUT2D eigenvalue weighted by Gasteiger charge is 2.40. The van der Waals surface area contributed by atoms with E-state index in [4.69, 9.17) is 11.1 Å². The molecule has 1 amide bonds. The minimum atomic E-state index is -0.150. The number of carbonyl (C=O) groups is 1. The molecule has 3 aromatic rings. The van der Waals surface area contributed by atoms with Crippen LogP contribution in [0.5, 0.6) is 0 Å². The van der Waals surface area contributed by atoms with Gasteiger partial charge in [0.25, 0.3) is 5.91 Å². The van der Waals surface area contributed by atoms with Crippen molar-refractivity contribution >= 4 is 23.1 Å². The number of piperidine rings is 1. The SMILES string of the molecule is Cc1ccc(CN2CCC3(CC2)CCN(Cc2ccc(C(=O)N(CC(=N)N)Cc4ncc[nH]4)cc2)C3)s1. The number of benzene rings is 1. The van der Waals surface area contributed by atoms with Crippen molar-refractivity contribution in [2.24, 2.45) is 11.1 Å². The third kappa shape index (κ3) is 6.47. The molecule has 4 N–H and O–H groups in total. The van der Waals surface area contributed by atoms with E-state index in [2.05, 4.69) is 51.0 Å². The fourth-order valence-electron chi connectivity index (χ4n) is 5.71. The van der Waals surface area contributed by atoms with Gasteiger partial charge in [-0.25, -0.2) is 4.98 Å². The lowest BCUT2D eigenvalue weighted by Crippen LogP contribution is -2.41. The molecule has 0 unspecified atom stereocenters. The highest BCUT2D eigenvalue weighted by atomic mass is 32.1. The third-order valence-corrected chi connectivity index (χ3v) is 8.75. The predicted octanol–water partition coefficient (Wildman–Crippen LogP) is 3.85. The van der Waals surface area contributed by atoms with Crippen molar-refractivity contribution in [3.8, 4) is 0 Å². The van der Waals surface area contributed by atoms with Crippen LogP contribution in [0, 0.1) is 17.7 Å². The molecule has 1 aromatic carbocycles. The molecule has 2 fully saturated rings. The van der Waals surface area contributed by atoms with Gasteiger partial charge in [0.1, 0.15) is 11.7 Å². The van der Waals surface area contributed by atoms with E-state index in [-0.39, 0.29) is 24.8 Å². The Morgan fingerprint density at radius 1 is 1.11 bits per heavy atom. The first-order valence-electron chi connectivity index (χ1n) is 13.1. The summed E-state index contributed by atoms with van der Waals surface area (Å²) in [6, 6.07) is 12.4. The molecular weight excluding hydrogens is 482 g/mol. The molecule has 0 bridgehead atoms. The normalized spacial score (nSPS) is 17.9. The van der Waals surface area contributed by atoms with E-state index < -0.39 is 0 Å². The number of nitrogens with zero attached hydrogens (tertiary/aromatic N) is 4. The number of amidine groups is 1. The number of imidazole rings is 1. The number of aromatic nitrogens is 2. The Kier molecular flexibility index (Phi) is 7.73. The van der Waals surface area contributed by atoms with Gasteiger partial charge in [-0.3, -0.25) is 20.0 Å². The van der Waals surface area contributed by atoms with Crippen molar-refractivity contribution in [3.05, 3.63) is 75.5 Å². The maximum atomic E-state index is 13.1. The molecule has 196 valence electrons. The number of amides is 1. The van der Waals surface area contributed by atoms with Crippen molar-refractivity contribution in [1.82, 2.24) is 24.7 Å². The van der Waals surface area contributed by atoms with E-state index in [0.717, 1.165) is 26.2 Å². The largest absolute Gasteiger partial charge is 0.386 e. The minimum absolute atomic E-state index is 0.0491. The van der Waals surface area contributed by atoms with Crippen LogP contribution in [0.4, 0.5) is 0 Å². The van der Waals surface area contributed by atoms with Gasteiger partial charge in [-0.15, -0.1) is 11.3 Å². The zero-order valence-electron chi connectivity index (χ0n) is 21.6. The van der Waals surface area contributed by atoms with E-state index in [1.54, 1.807) is 17.3 Å². The molecule has 0 atom stereocenters. The summed E-state index contributed by atoms with van der Waals surface area (Å²) in [5, 5.41) is 7.66. The van der Waals surface area contributed by atoms with E-state index in [0.29, 0.717) is 16.8 Å². The quantitative estimate of drug-likeness (QED) is 0.294. The van der Waals surface area contributed by atoms with E-state index in [1.165, 1.54) is 47.7 Å². The summed E-state index contributed by atoms with van der Waals surface area (Å²) in [6.07, 6.45) is 7.21. The van der Waals surface area contributed by atoms with Crippen LogP contribution in [0.2, 0.25) is 0 Å². The number of H-pyrrole nitrogens is 1. The van der Waals surface area contributed by atoms with Crippen LogP contribution in [0.3, 0.4) is 0 Å².